The smallest absolute Gasteiger partial charge is 0.229 e. The Morgan fingerprint density at radius 2 is 1.75 bits per heavy atom. The van der Waals surface area contributed by atoms with E-state index in [-0.39, 0.29) is 5.91 Å². The minimum absolute atomic E-state index is 0.101. The molecule has 1 fully saturated rings. The first-order chi connectivity index (χ1) is 15.3. The Labute approximate surface area is 195 Å². The van der Waals surface area contributed by atoms with Gasteiger partial charge in [0.25, 0.3) is 0 Å². The highest BCUT2D eigenvalue weighted by Crippen LogP contribution is 2.28. The Hall–Kier alpha value is -2.38. The minimum Gasteiger partial charge on any atom is -0.497 e. The number of hydrogen-bond donors (Lipinski definition) is 0. The molecule has 0 spiro atoms. The number of anilines is 1. The van der Waals surface area contributed by atoms with E-state index in [4.69, 9.17) is 26.1 Å². The second-order valence-corrected chi connectivity index (χ2v) is 9.04. The molecule has 0 unspecified atom stereocenters. The molecule has 1 aliphatic heterocycles. The molecular formula is C24H33ClN4O3. The van der Waals surface area contributed by atoms with Crippen LogP contribution >= 0.6 is 11.6 Å². The number of methoxy groups -OCH3 is 2. The number of piperazine rings is 1. The van der Waals surface area contributed by atoms with Crippen LogP contribution in [0.5, 0.6) is 5.75 Å². The van der Waals surface area contributed by atoms with E-state index >= 15 is 0 Å². The summed E-state index contributed by atoms with van der Waals surface area (Å²) in [4.78, 5) is 26.5. The highest BCUT2D eigenvalue weighted by Gasteiger charge is 2.33. The molecule has 1 saturated heterocycles. The van der Waals surface area contributed by atoms with Gasteiger partial charge in [0.15, 0.2) is 0 Å². The predicted molar refractivity (Wildman–Crippen MR) is 127 cm³/mol. The standard InChI is InChI=1S/C24H33ClN4O3/c1-17-26-21(15-31-4)20(14-18-6-8-19(32-5)9-7-18)22(27-17)28-10-12-29(13-11-28)23(30)24(2,3)16-25/h6-9H,10-16H2,1-5H3. The van der Waals surface area contributed by atoms with Gasteiger partial charge in [-0.15, -0.1) is 11.6 Å². The van der Waals surface area contributed by atoms with Gasteiger partial charge in [0.2, 0.25) is 5.91 Å². The van der Waals surface area contributed by atoms with E-state index in [0.29, 0.717) is 50.9 Å². The van der Waals surface area contributed by atoms with Gasteiger partial charge in [-0.2, -0.15) is 0 Å². The number of carbonyl (C=O) groups is 1. The molecule has 0 N–H and O–H groups in total. The fourth-order valence-corrected chi connectivity index (χ4v) is 4.00. The van der Waals surface area contributed by atoms with Crippen LogP contribution < -0.4 is 9.64 Å². The van der Waals surface area contributed by atoms with Gasteiger partial charge in [0.05, 0.1) is 24.8 Å². The fourth-order valence-electron chi connectivity index (χ4n) is 3.89. The summed E-state index contributed by atoms with van der Waals surface area (Å²) in [6.07, 6.45) is 0.691. The molecule has 174 valence electrons. The number of benzene rings is 1. The largest absolute Gasteiger partial charge is 0.497 e. The van der Waals surface area contributed by atoms with E-state index in [1.165, 1.54) is 0 Å². The van der Waals surface area contributed by atoms with Crippen molar-refractivity contribution in [3.8, 4) is 5.75 Å². The van der Waals surface area contributed by atoms with Crippen molar-refractivity contribution in [1.82, 2.24) is 14.9 Å². The summed E-state index contributed by atoms with van der Waals surface area (Å²) >= 11 is 6.02. The lowest BCUT2D eigenvalue weighted by molar-refractivity contribution is -0.139. The first kappa shape index (κ1) is 24.3. The minimum atomic E-state index is -0.555. The lowest BCUT2D eigenvalue weighted by atomic mass is 9.94. The molecular weight excluding hydrogens is 428 g/mol. The quantitative estimate of drug-likeness (QED) is 0.562. The number of alkyl halides is 1. The molecule has 7 nitrogen and oxygen atoms in total. The highest BCUT2D eigenvalue weighted by atomic mass is 35.5. The maximum absolute atomic E-state index is 12.8. The SMILES string of the molecule is COCc1nc(C)nc(N2CCN(C(=O)C(C)(C)CCl)CC2)c1Cc1ccc(OC)cc1. The number of aryl methyl sites for hydroxylation is 1. The van der Waals surface area contributed by atoms with Crippen LogP contribution in [0.1, 0.15) is 36.5 Å². The molecule has 1 aliphatic rings. The Morgan fingerprint density at radius 3 is 2.31 bits per heavy atom. The van der Waals surface area contributed by atoms with Crippen LogP contribution in [0.3, 0.4) is 0 Å². The van der Waals surface area contributed by atoms with Crippen molar-refractivity contribution < 1.29 is 14.3 Å². The molecule has 1 amide bonds. The van der Waals surface area contributed by atoms with Crippen LogP contribution in [0.25, 0.3) is 0 Å². The molecule has 0 atom stereocenters. The highest BCUT2D eigenvalue weighted by molar-refractivity contribution is 6.19. The molecule has 2 heterocycles. The van der Waals surface area contributed by atoms with Crippen molar-refractivity contribution in [1.29, 1.82) is 0 Å². The number of ether oxygens (including phenoxy) is 2. The van der Waals surface area contributed by atoms with Crippen LogP contribution in [0.4, 0.5) is 5.82 Å². The Morgan fingerprint density at radius 1 is 1.09 bits per heavy atom. The van der Waals surface area contributed by atoms with Gasteiger partial charge in [-0.1, -0.05) is 12.1 Å². The van der Waals surface area contributed by atoms with Crippen molar-refractivity contribution in [2.45, 2.75) is 33.8 Å². The zero-order chi connectivity index (χ0) is 23.3. The Balaban J connectivity index is 1.86. The van der Waals surface area contributed by atoms with Gasteiger partial charge in [-0.3, -0.25) is 4.79 Å². The van der Waals surface area contributed by atoms with E-state index in [1.54, 1.807) is 14.2 Å². The summed E-state index contributed by atoms with van der Waals surface area (Å²) < 4.78 is 10.7. The van der Waals surface area contributed by atoms with Gasteiger partial charge in [0, 0.05) is 51.2 Å². The van der Waals surface area contributed by atoms with Crippen molar-refractivity contribution in [2.24, 2.45) is 5.41 Å². The molecule has 2 aromatic rings. The maximum atomic E-state index is 12.8. The summed E-state index contributed by atoms with van der Waals surface area (Å²) in [5.41, 5.74) is 2.55. The van der Waals surface area contributed by atoms with E-state index in [1.807, 2.05) is 37.8 Å². The summed E-state index contributed by atoms with van der Waals surface area (Å²) in [5, 5.41) is 0. The van der Waals surface area contributed by atoms with Crippen molar-refractivity contribution in [3.63, 3.8) is 0 Å². The first-order valence-electron chi connectivity index (χ1n) is 10.9. The van der Waals surface area contributed by atoms with E-state index in [0.717, 1.165) is 28.4 Å². The topological polar surface area (TPSA) is 67.8 Å². The third-order valence-electron chi connectivity index (χ3n) is 5.78. The van der Waals surface area contributed by atoms with Gasteiger partial charge in [-0.05, 0) is 38.5 Å². The number of rotatable bonds is 8. The van der Waals surface area contributed by atoms with Crippen LogP contribution in [0, 0.1) is 12.3 Å². The third kappa shape index (κ3) is 5.51. The van der Waals surface area contributed by atoms with Crippen molar-refractivity contribution >= 4 is 23.3 Å². The zero-order valence-corrected chi connectivity index (χ0v) is 20.4. The second kappa shape index (κ2) is 10.5. The molecule has 1 aromatic carbocycles. The van der Waals surface area contributed by atoms with Crippen molar-refractivity contribution in [3.05, 3.63) is 46.9 Å². The average Bonchev–Trinajstić information content (AvgIpc) is 2.80. The second-order valence-electron chi connectivity index (χ2n) is 8.77. The molecule has 0 bridgehead atoms. The van der Waals surface area contributed by atoms with Gasteiger partial charge in [-0.25, -0.2) is 9.97 Å². The molecule has 0 aliphatic carbocycles. The van der Waals surface area contributed by atoms with E-state index in [2.05, 4.69) is 22.0 Å². The zero-order valence-electron chi connectivity index (χ0n) is 19.7. The van der Waals surface area contributed by atoms with Crippen molar-refractivity contribution in [2.75, 3.05) is 51.2 Å². The number of nitrogens with zero attached hydrogens (tertiary/aromatic N) is 4. The summed E-state index contributed by atoms with van der Waals surface area (Å²) in [6, 6.07) is 8.04. The molecule has 0 saturated carbocycles. The predicted octanol–water partition coefficient (Wildman–Crippen LogP) is 3.44. The fraction of sp³-hybridized carbons (Fsp3) is 0.542. The first-order valence-corrected chi connectivity index (χ1v) is 11.4. The number of carbonyl (C=O) groups excluding carboxylic acids is 1. The maximum Gasteiger partial charge on any atom is 0.229 e. The van der Waals surface area contributed by atoms with Crippen LogP contribution in [0.15, 0.2) is 24.3 Å². The molecule has 3 rings (SSSR count). The monoisotopic (exact) mass is 460 g/mol. The lowest BCUT2D eigenvalue weighted by Gasteiger charge is -2.39. The lowest BCUT2D eigenvalue weighted by Crippen LogP contribution is -2.53. The van der Waals surface area contributed by atoms with E-state index < -0.39 is 5.41 Å². The van der Waals surface area contributed by atoms with Gasteiger partial charge in [0.1, 0.15) is 17.4 Å². The Bertz CT molecular complexity index is 926. The molecule has 8 heteroatoms. The third-order valence-corrected chi connectivity index (χ3v) is 6.45. The normalized spacial score (nSPS) is 14.6. The molecule has 0 radical (unpaired) electrons. The Kier molecular flexibility index (Phi) is 7.96. The van der Waals surface area contributed by atoms with Gasteiger partial charge >= 0.3 is 0 Å². The van der Waals surface area contributed by atoms with Gasteiger partial charge < -0.3 is 19.3 Å². The molecule has 32 heavy (non-hydrogen) atoms. The number of hydrogen-bond acceptors (Lipinski definition) is 6. The number of amides is 1. The number of halogens is 1. The summed E-state index contributed by atoms with van der Waals surface area (Å²) in [6.45, 7) is 8.82. The molecule has 1 aromatic heterocycles. The number of aromatic nitrogens is 2. The van der Waals surface area contributed by atoms with Crippen LogP contribution in [-0.2, 0) is 22.6 Å². The summed E-state index contributed by atoms with van der Waals surface area (Å²) in [5.74, 6) is 2.87. The average molecular weight is 461 g/mol. The van der Waals surface area contributed by atoms with E-state index in [9.17, 15) is 4.79 Å². The van der Waals surface area contributed by atoms with Crippen LogP contribution in [-0.4, -0.2) is 67.1 Å². The summed E-state index contributed by atoms with van der Waals surface area (Å²) in [7, 11) is 3.34. The van der Waals surface area contributed by atoms with Crippen LogP contribution in [0.2, 0.25) is 0 Å².